The van der Waals surface area contributed by atoms with Gasteiger partial charge in [0.05, 0.1) is 5.02 Å². The molecule has 2 unspecified atom stereocenters. The van der Waals surface area contributed by atoms with Crippen LogP contribution in [0.25, 0.3) is 0 Å². The van der Waals surface area contributed by atoms with E-state index in [1.807, 2.05) is 0 Å². The smallest absolute Gasteiger partial charge is 0.251 e. The van der Waals surface area contributed by atoms with Crippen LogP contribution in [-0.2, 0) is 0 Å². The molecular weight excluding hydrogens is 240 g/mol. The molecule has 1 amide bonds. The molecular formula is C12H15ClN2O2. The number of rotatable bonds is 2. The second-order valence-electron chi connectivity index (χ2n) is 4.34. The van der Waals surface area contributed by atoms with E-state index in [2.05, 4.69) is 5.32 Å². The third-order valence-electron chi connectivity index (χ3n) is 3.10. The fourth-order valence-electron chi connectivity index (χ4n) is 2.07. The van der Waals surface area contributed by atoms with Gasteiger partial charge < -0.3 is 16.2 Å². The Balaban J connectivity index is 2.06. The molecule has 17 heavy (non-hydrogen) atoms. The van der Waals surface area contributed by atoms with Crippen molar-refractivity contribution in [3.05, 3.63) is 28.8 Å². The van der Waals surface area contributed by atoms with Crippen LogP contribution in [0.4, 0.5) is 0 Å². The summed E-state index contributed by atoms with van der Waals surface area (Å²) in [5, 5.41) is 12.3. The third-order valence-corrected chi connectivity index (χ3v) is 3.40. The molecule has 1 aromatic rings. The van der Waals surface area contributed by atoms with E-state index in [0.29, 0.717) is 5.56 Å². The SMILES string of the molecule is NC1CCCC1NC(=O)c1ccc(O)c(Cl)c1. The van der Waals surface area contributed by atoms with Gasteiger partial charge in [-0.15, -0.1) is 0 Å². The summed E-state index contributed by atoms with van der Waals surface area (Å²) in [6, 6.07) is 4.47. The van der Waals surface area contributed by atoms with Gasteiger partial charge in [-0.2, -0.15) is 0 Å². The minimum atomic E-state index is -0.200. The van der Waals surface area contributed by atoms with E-state index in [9.17, 15) is 9.90 Å². The van der Waals surface area contributed by atoms with Gasteiger partial charge in [-0.25, -0.2) is 0 Å². The Morgan fingerprint density at radius 2 is 2.24 bits per heavy atom. The van der Waals surface area contributed by atoms with Crippen molar-refractivity contribution in [3.63, 3.8) is 0 Å². The maximum atomic E-state index is 11.9. The zero-order valence-corrected chi connectivity index (χ0v) is 10.1. The molecule has 2 atom stereocenters. The number of nitrogens with two attached hydrogens (primary N) is 1. The number of carbonyl (C=O) groups is 1. The summed E-state index contributed by atoms with van der Waals surface area (Å²) in [6.45, 7) is 0. The molecule has 4 N–H and O–H groups in total. The number of aromatic hydroxyl groups is 1. The van der Waals surface area contributed by atoms with Crippen molar-refractivity contribution in [2.45, 2.75) is 31.3 Å². The summed E-state index contributed by atoms with van der Waals surface area (Å²) in [5.41, 5.74) is 6.32. The Kier molecular flexibility index (Phi) is 3.54. The first-order valence-corrected chi connectivity index (χ1v) is 6.00. The van der Waals surface area contributed by atoms with Gasteiger partial charge in [0, 0.05) is 17.6 Å². The number of amides is 1. The summed E-state index contributed by atoms with van der Waals surface area (Å²) in [7, 11) is 0. The molecule has 0 saturated heterocycles. The lowest BCUT2D eigenvalue weighted by molar-refractivity contribution is 0.0934. The van der Waals surface area contributed by atoms with Crippen LogP contribution >= 0.6 is 11.6 Å². The molecule has 1 aliphatic carbocycles. The van der Waals surface area contributed by atoms with Crippen LogP contribution < -0.4 is 11.1 Å². The predicted octanol–water partition coefficient (Wildman–Crippen LogP) is 1.66. The highest BCUT2D eigenvalue weighted by Gasteiger charge is 2.25. The number of phenols is 1. The van der Waals surface area contributed by atoms with Crippen molar-refractivity contribution in [2.75, 3.05) is 0 Å². The minimum Gasteiger partial charge on any atom is -0.506 e. The van der Waals surface area contributed by atoms with Crippen molar-refractivity contribution >= 4 is 17.5 Å². The van der Waals surface area contributed by atoms with Gasteiger partial charge in [-0.1, -0.05) is 11.6 Å². The number of halogens is 1. The maximum absolute atomic E-state index is 11.9. The number of phenolic OH excluding ortho intramolecular Hbond substituents is 1. The molecule has 1 aromatic carbocycles. The van der Waals surface area contributed by atoms with E-state index in [4.69, 9.17) is 17.3 Å². The first kappa shape index (κ1) is 12.2. The van der Waals surface area contributed by atoms with Crippen LogP contribution in [0.3, 0.4) is 0 Å². The van der Waals surface area contributed by atoms with Crippen LogP contribution in [0.1, 0.15) is 29.6 Å². The van der Waals surface area contributed by atoms with E-state index in [-0.39, 0.29) is 28.8 Å². The Bertz CT molecular complexity index is 437. The number of hydrogen-bond donors (Lipinski definition) is 3. The van der Waals surface area contributed by atoms with Crippen LogP contribution in [0, 0.1) is 0 Å². The van der Waals surface area contributed by atoms with E-state index < -0.39 is 0 Å². The topological polar surface area (TPSA) is 75.3 Å². The van der Waals surface area contributed by atoms with Crippen LogP contribution in [0.5, 0.6) is 5.75 Å². The Labute approximate surface area is 105 Å². The van der Waals surface area contributed by atoms with Crippen LogP contribution in [-0.4, -0.2) is 23.1 Å². The summed E-state index contributed by atoms with van der Waals surface area (Å²) in [6.07, 6.45) is 2.91. The molecule has 0 radical (unpaired) electrons. The van der Waals surface area contributed by atoms with Crippen LogP contribution in [0.2, 0.25) is 5.02 Å². The number of nitrogens with one attached hydrogen (secondary N) is 1. The predicted molar refractivity (Wildman–Crippen MR) is 66.2 cm³/mol. The average molecular weight is 255 g/mol. The lowest BCUT2D eigenvalue weighted by Crippen LogP contribution is -2.43. The number of carbonyl (C=O) groups excluding carboxylic acids is 1. The summed E-state index contributed by atoms with van der Waals surface area (Å²) < 4.78 is 0. The molecule has 0 aromatic heterocycles. The van der Waals surface area contributed by atoms with E-state index in [0.717, 1.165) is 19.3 Å². The molecule has 0 heterocycles. The Morgan fingerprint density at radius 1 is 1.47 bits per heavy atom. The number of benzene rings is 1. The third kappa shape index (κ3) is 2.70. The zero-order chi connectivity index (χ0) is 12.4. The number of hydrogen-bond acceptors (Lipinski definition) is 3. The van der Waals surface area contributed by atoms with Gasteiger partial charge >= 0.3 is 0 Å². The minimum absolute atomic E-state index is 0.0271. The first-order chi connectivity index (χ1) is 8.08. The van der Waals surface area contributed by atoms with E-state index in [1.54, 1.807) is 0 Å². The van der Waals surface area contributed by atoms with E-state index in [1.165, 1.54) is 18.2 Å². The standard InChI is InChI=1S/C12H15ClN2O2/c13-8-6-7(4-5-11(8)16)12(17)15-10-3-1-2-9(10)14/h4-6,9-10,16H,1-3,14H2,(H,15,17). The van der Waals surface area contributed by atoms with Gasteiger partial charge in [0.2, 0.25) is 0 Å². The van der Waals surface area contributed by atoms with Crippen molar-refractivity contribution in [2.24, 2.45) is 5.73 Å². The highest BCUT2D eigenvalue weighted by molar-refractivity contribution is 6.32. The molecule has 1 aliphatic rings. The van der Waals surface area contributed by atoms with Crippen molar-refractivity contribution in [1.29, 1.82) is 0 Å². The van der Waals surface area contributed by atoms with Gasteiger partial charge in [0.25, 0.3) is 5.91 Å². The second-order valence-corrected chi connectivity index (χ2v) is 4.75. The molecule has 92 valence electrons. The lowest BCUT2D eigenvalue weighted by atomic mass is 10.1. The Morgan fingerprint density at radius 3 is 2.82 bits per heavy atom. The van der Waals surface area contributed by atoms with Crippen molar-refractivity contribution in [1.82, 2.24) is 5.32 Å². The fraction of sp³-hybridized carbons (Fsp3) is 0.417. The first-order valence-electron chi connectivity index (χ1n) is 5.63. The normalized spacial score (nSPS) is 23.6. The highest BCUT2D eigenvalue weighted by atomic mass is 35.5. The molecule has 0 bridgehead atoms. The summed E-state index contributed by atoms with van der Waals surface area (Å²) in [4.78, 5) is 11.9. The Hall–Kier alpha value is -1.26. The maximum Gasteiger partial charge on any atom is 0.251 e. The highest BCUT2D eigenvalue weighted by Crippen LogP contribution is 2.24. The molecule has 1 fully saturated rings. The molecule has 0 aliphatic heterocycles. The van der Waals surface area contributed by atoms with E-state index >= 15 is 0 Å². The largest absolute Gasteiger partial charge is 0.506 e. The van der Waals surface area contributed by atoms with Crippen molar-refractivity contribution < 1.29 is 9.90 Å². The van der Waals surface area contributed by atoms with Gasteiger partial charge in [0.1, 0.15) is 5.75 Å². The fourth-order valence-corrected chi connectivity index (χ4v) is 2.25. The molecule has 1 saturated carbocycles. The van der Waals surface area contributed by atoms with Crippen LogP contribution in [0.15, 0.2) is 18.2 Å². The monoisotopic (exact) mass is 254 g/mol. The molecule has 0 spiro atoms. The van der Waals surface area contributed by atoms with Gasteiger partial charge in [-0.05, 0) is 37.5 Å². The molecule has 4 nitrogen and oxygen atoms in total. The van der Waals surface area contributed by atoms with Gasteiger partial charge in [-0.3, -0.25) is 4.79 Å². The summed E-state index contributed by atoms with van der Waals surface area (Å²) in [5.74, 6) is -0.227. The average Bonchev–Trinajstić information content (AvgIpc) is 2.68. The quantitative estimate of drug-likeness (QED) is 0.751. The summed E-state index contributed by atoms with van der Waals surface area (Å²) >= 11 is 5.75. The van der Waals surface area contributed by atoms with Gasteiger partial charge in [0.15, 0.2) is 0 Å². The molecule has 5 heteroatoms. The zero-order valence-electron chi connectivity index (χ0n) is 9.32. The molecule has 2 rings (SSSR count). The van der Waals surface area contributed by atoms with Crippen molar-refractivity contribution in [3.8, 4) is 5.75 Å². The second kappa shape index (κ2) is 4.94. The lowest BCUT2D eigenvalue weighted by Gasteiger charge is -2.17.